The molecule has 5 heteroatoms. The molecule has 1 unspecified atom stereocenters. The topological polar surface area (TPSA) is 50.4 Å². The molecule has 0 aliphatic carbocycles. The fourth-order valence-corrected chi connectivity index (χ4v) is 4.19. The third-order valence-corrected chi connectivity index (χ3v) is 5.73. The van der Waals surface area contributed by atoms with E-state index in [0.717, 1.165) is 43.7 Å². The number of piperidine rings is 1. The molecular formula is C22H27ClN2O2. The number of benzene rings is 2. The Morgan fingerprint density at radius 2 is 1.78 bits per heavy atom. The number of para-hydroxylation sites is 1. The van der Waals surface area contributed by atoms with Crippen molar-refractivity contribution in [2.24, 2.45) is 5.92 Å². The average Bonchev–Trinajstić information content (AvgIpc) is 2.73. The summed E-state index contributed by atoms with van der Waals surface area (Å²) < 4.78 is 5.86. The molecule has 2 heterocycles. The van der Waals surface area contributed by atoms with Crippen molar-refractivity contribution >= 4 is 18.3 Å². The van der Waals surface area contributed by atoms with Gasteiger partial charge in [-0.15, -0.1) is 12.4 Å². The molecule has 0 aromatic heterocycles. The average molecular weight is 387 g/mol. The highest BCUT2D eigenvalue weighted by molar-refractivity contribution is 5.88. The number of halogens is 1. The van der Waals surface area contributed by atoms with Crippen LogP contribution in [0.15, 0.2) is 54.6 Å². The van der Waals surface area contributed by atoms with Crippen molar-refractivity contribution < 1.29 is 9.53 Å². The van der Waals surface area contributed by atoms with Gasteiger partial charge in [0.05, 0.1) is 12.0 Å². The van der Waals surface area contributed by atoms with Crippen LogP contribution in [0.1, 0.15) is 24.0 Å². The van der Waals surface area contributed by atoms with Crippen molar-refractivity contribution in [3.05, 3.63) is 65.7 Å². The lowest BCUT2D eigenvalue weighted by Crippen LogP contribution is -2.52. The molecule has 0 spiro atoms. The SMILES string of the molecule is Cl.O=C(NCC1COc2ccccc2C1)C1(c2ccccc2)CCNCC1. The summed E-state index contributed by atoms with van der Waals surface area (Å²) in [6.45, 7) is 3.08. The molecular weight excluding hydrogens is 360 g/mol. The molecule has 4 nitrogen and oxygen atoms in total. The molecule has 2 aromatic rings. The van der Waals surface area contributed by atoms with Gasteiger partial charge in [-0.05, 0) is 49.5 Å². The fraction of sp³-hybridized carbons (Fsp3) is 0.409. The number of hydrogen-bond donors (Lipinski definition) is 2. The third-order valence-electron chi connectivity index (χ3n) is 5.73. The summed E-state index contributed by atoms with van der Waals surface area (Å²) in [5.41, 5.74) is 1.95. The number of nitrogens with one attached hydrogen (secondary N) is 2. The minimum absolute atomic E-state index is 0. The lowest BCUT2D eigenvalue weighted by Gasteiger charge is -2.37. The summed E-state index contributed by atoms with van der Waals surface area (Å²) in [4.78, 5) is 13.2. The van der Waals surface area contributed by atoms with Crippen molar-refractivity contribution in [3.8, 4) is 5.75 Å². The van der Waals surface area contributed by atoms with Crippen LogP contribution in [-0.4, -0.2) is 32.1 Å². The van der Waals surface area contributed by atoms with Crippen LogP contribution in [0.3, 0.4) is 0 Å². The Balaban J connectivity index is 0.00000210. The van der Waals surface area contributed by atoms with Crippen LogP contribution in [0.25, 0.3) is 0 Å². The fourth-order valence-electron chi connectivity index (χ4n) is 4.19. The molecule has 0 radical (unpaired) electrons. The Kier molecular flexibility index (Phi) is 6.40. The summed E-state index contributed by atoms with van der Waals surface area (Å²) in [6, 6.07) is 18.4. The van der Waals surface area contributed by atoms with Crippen LogP contribution in [0.2, 0.25) is 0 Å². The van der Waals surface area contributed by atoms with E-state index in [1.807, 2.05) is 36.4 Å². The van der Waals surface area contributed by atoms with E-state index in [2.05, 4.69) is 28.8 Å². The van der Waals surface area contributed by atoms with Crippen LogP contribution in [-0.2, 0) is 16.6 Å². The first-order valence-corrected chi connectivity index (χ1v) is 9.53. The highest BCUT2D eigenvalue weighted by atomic mass is 35.5. The molecule has 1 atom stereocenters. The van der Waals surface area contributed by atoms with Crippen molar-refractivity contribution in [3.63, 3.8) is 0 Å². The molecule has 144 valence electrons. The molecule has 0 saturated carbocycles. The van der Waals surface area contributed by atoms with Crippen molar-refractivity contribution in [1.29, 1.82) is 0 Å². The predicted molar refractivity (Wildman–Crippen MR) is 110 cm³/mol. The lowest BCUT2D eigenvalue weighted by molar-refractivity contribution is -0.128. The largest absolute Gasteiger partial charge is 0.493 e. The first-order valence-electron chi connectivity index (χ1n) is 9.53. The number of carbonyl (C=O) groups is 1. The number of carbonyl (C=O) groups excluding carboxylic acids is 1. The molecule has 1 saturated heterocycles. The van der Waals surface area contributed by atoms with Gasteiger partial charge in [-0.25, -0.2) is 0 Å². The predicted octanol–water partition coefficient (Wildman–Crippen LogP) is 3.10. The van der Waals surface area contributed by atoms with Crippen LogP contribution < -0.4 is 15.4 Å². The van der Waals surface area contributed by atoms with Gasteiger partial charge < -0.3 is 15.4 Å². The minimum atomic E-state index is -0.417. The van der Waals surface area contributed by atoms with Gasteiger partial charge in [-0.2, -0.15) is 0 Å². The zero-order chi connectivity index (χ0) is 17.8. The second-order valence-electron chi connectivity index (χ2n) is 7.40. The molecule has 27 heavy (non-hydrogen) atoms. The Labute approximate surface area is 167 Å². The molecule has 4 rings (SSSR count). The van der Waals surface area contributed by atoms with Crippen LogP contribution in [0.5, 0.6) is 5.75 Å². The van der Waals surface area contributed by atoms with Gasteiger partial charge in [0, 0.05) is 12.5 Å². The summed E-state index contributed by atoms with van der Waals surface area (Å²) in [6.07, 6.45) is 2.63. The molecule has 2 N–H and O–H groups in total. The van der Waals surface area contributed by atoms with E-state index < -0.39 is 5.41 Å². The maximum atomic E-state index is 13.2. The molecule has 0 bridgehead atoms. The number of fused-ring (bicyclic) bond motifs is 1. The van der Waals surface area contributed by atoms with E-state index in [-0.39, 0.29) is 18.3 Å². The van der Waals surface area contributed by atoms with Gasteiger partial charge in [0.15, 0.2) is 0 Å². The van der Waals surface area contributed by atoms with Gasteiger partial charge in [0.25, 0.3) is 0 Å². The van der Waals surface area contributed by atoms with Crippen LogP contribution >= 0.6 is 12.4 Å². The van der Waals surface area contributed by atoms with Crippen LogP contribution in [0.4, 0.5) is 0 Å². The minimum Gasteiger partial charge on any atom is -0.493 e. The third kappa shape index (κ3) is 4.12. The number of rotatable bonds is 4. The van der Waals surface area contributed by atoms with E-state index in [1.165, 1.54) is 5.56 Å². The van der Waals surface area contributed by atoms with E-state index in [4.69, 9.17) is 4.74 Å². The van der Waals surface area contributed by atoms with Gasteiger partial charge in [0.2, 0.25) is 5.91 Å². The maximum absolute atomic E-state index is 13.2. The molecule has 2 aliphatic heterocycles. The normalized spacial score (nSPS) is 20.5. The summed E-state index contributed by atoms with van der Waals surface area (Å²) in [7, 11) is 0. The van der Waals surface area contributed by atoms with E-state index in [1.54, 1.807) is 0 Å². The van der Waals surface area contributed by atoms with E-state index in [0.29, 0.717) is 19.1 Å². The zero-order valence-electron chi connectivity index (χ0n) is 15.4. The molecule has 2 aliphatic rings. The van der Waals surface area contributed by atoms with Gasteiger partial charge in [-0.1, -0.05) is 48.5 Å². The lowest BCUT2D eigenvalue weighted by atomic mass is 9.72. The van der Waals surface area contributed by atoms with Crippen molar-refractivity contribution in [2.45, 2.75) is 24.7 Å². The quantitative estimate of drug-likeness (QED) is 0.848. The molecule has 1 fully saturated rings. The second kappa shape index (κ2) is 8.77. The first kappa shape index (κ1) is 19.7. The second-order valence-corrected chi connectivity index (χ2v) is 7.40. The maximum Gasteiger partial charge on any atom is 0.230 e. The molecule has 2 aromatic carbocycles. The molecule has 1 amide bonds. The highest BCUT2D eigenvalue weighted by Crippen LogP contribution is 2.34. The highest BCUT2D eigenvalue weighted by Gasteiger charge is 2.41. The van der Waals surface area contributed by atoms with Gasteiger partial charge in [-0.3, -0.25) is 4.79 Å². The Bertz CT molecular complexity index is 760. The Morgan fingerprint density at radius 1 is 1.07 bits per heavy atom. The number of hydrogen-bond acceptors (Lipinski definition) is 3. The standard InChI is InChI=1S/C22H26N2O2.ClH/c25-21(22(10-12-23-13-11-22)19-7-2-1-3-8-19)24-15-17-14-18-6-4-5-9-20(18)26-16-17;/h1-9,17,23H,10-16H2,(H,24,25);1H. The van der Waals surface area contributed by atoms with Gasteiger partial charge >= 0.3 is 0 Å². The summed E-state index contributed by atoms with van der Waals surface area (Å²) in [5, 5.41) is 6.63. The summed E-state index contributed by atoms with van der Waals surface area (Å²) in [5.74, 6) is 1.46. The first-order chi connectivity index (χ1) is 12.8. The number of amides is 1. The van der Waals surface area contributed by atoms with Crippen molar-refractivity contribution in [2.75, 3.05) is 26.2 Å². The van der Waals surface area contributed by atoms with Crippen LogP contribution in [0, 0.1) is 5.92 Å². The Morgan fingerprint density at radius 3 is 2.56 bits per heavy atom. The Hall–Kier alpha value is -2.04. The van der Waals surface area contributed by atoms with E-state index in [9.17, 15) is 4.79 Å². The summed E-state index contributed by atoms with van der Waals surface area (Å²) >= 11 is 0. The van der Waals surface area contributed by atoms with E-state index >= 15 is 0 Å². The monoisotopic (exact) mass is 386 g/mol. The number of ether oxygens (including phenoxy) is 1. The van der Waals surface area contributed by atoms with Crippen molar-refractivity contribution in [1.82, 2.24) is 10.6 Å². The zero-order valence-corrected chi connectivity index (χ0v) is 16.3. The van der Waals surface area contributed by atoms with Gasteiger partial charge in [0.1, 0.15) is 5.75 Å². The smallest absolute Gasteiger partial charge is 0.230 e.